The van der Waals surface area contributed by atoms with E-state index < -0.39 is 17.3 Å². The molecular weight excluding hydrogens is 578 g/mol. The molecule has 10 heteroatoms. The molecule has 0 bridgehead atoms. The quantitative estimate of drug-likeness (QED) is 0.147. The number of fused-ring (bicyclic) bond motifs is 3. The molecule has 206 valence electrons. The minimum Gasteiger partial charge on any atom is -0.268 e. The second-order valence-electron chi connectivity index (χ2n) is 9.50. The molecule has 3 aromatic heterocycles. The van der Waals surface area contributed by atoms with E-state index in [1.54, 1.807) is 35.6 Å². The molecule has 7 aromatic rings. The lowest BCUT2D eigenvalue weighted by Crippen LogP contribution is -2.26. The van der Waals surface area contributed by atoms with E-state index in [1.807, 2.05) is 53.9 Å². The van der Waals surface area contributed by atoms with E-state index in [0.29, 0.717) is 16.4 Å². The molecule has 0 aliphatic heterocycles. The van der Waals surface area contributed by atoms with Crippen LogP contribution in [0.1, 0.15) is 11.4 Å². The van der Waals surface area contributed by atoms with Crippen molar-refractivity contribution in [3.63, 3.8) is 0 Å². The first kappa shape index (κ1) is 26.4. The van der Waals surface area contributed by atoms with Gasteiger partial charge in [-0.2, -0.15) is 13.2 Å². The maximum atomic E-state index is 14.1. The second-order valence-corrected chi connectivity index (χ2v) is 11.4. The van der Waals surface area contributed by atoms with Gasteiger partial charge in [-0.1, -0.05) is 72.4 Å². The van der Waals surface area contributed by atoms with Crippen LogP contribution in [-0.2, 0) is 11.9 Å². The first-order chi connectivity index (χ1) is 20.4. The number of alkyl halides is 3. The van der Waals surface area contributed by atoms with Crippen LogP contribution in [0.15, 0.2) is 112 Å². The highest BCUT2D eigenvalue weighted by Gasteiger charge is 2.34. The molecule has 4 aromatic carbocycles. The predicted molar refractivity (Wildman–Crippen MR) is 162 cm³/mol. The van der Waals surface area contributed by atoms with Crippen molar-refractivity contribution in [2.24, 2.45) is 0 Å². The van der Waals surface area contributed by atoms with Crippen LogP contribution >= 0.6 is 23.1 Å². The van der Waals surface area contributed by atoms with Crippen LogP contribution < -0.4 is 5.56 Å². The van der Waals surface area contributed by atoms with Crippen LogP contribution in [0.4, 0.5) is 13.2 Å². The average Bonchev–Trinajstić information content (AvgIpc) is 3.44. The van der Waals surface area contributed by atoms with Gasteiger partial charge in [0.2, 0.25) is 0 Å². The van der Waals surface area contributed by atoms with Gasteiger partial charge in [0.15, 0.2) is 5.82 Å². The van der Waals surface area contributed by atoms with Crippen LogP contribution in [0.5, 0.6) is 0 Å². The molecule has 0 saturated carbocycles. The molecule has 0 unspecified atom stereocenters. The maximum absolute atomic E-state index is 14.1. The molecule has 0 atom stereocenters. The third kappa shape index (κ3) is 4.62. The van der Waals surface area contributed by atoms with E-state index in [0.717, 1.165) is 37.2 Å². The van der Waals surface area contributed by atoms with E-state index in [9.17, 15) is 18.0 Å². The summed E-state index contributed by atoms with van der Waals surface area (Å²) in [6.45, 7) is 0. The van der Waals surface area contributed by atoms with Crippen molar-refractivity contribution in [2.75, 3.05) is 0 Å². The average molecular weight is 597 g/mol. The second kappa shape index (κ2) is 10.4. The standard InChI is InChI=1S/C32H19F3N4OS2/c33-32(34,35)23-12-4-7-15-26(23)39-28(36-25-14-6-2-11-21(25)31(39)40)18-42-30-20-10-1-5-13-24(20)37-29(38-30)22-17-41-27-16-8-3-9-19(22)27/h1-17H,18H2. The Morgan fingerprint density at radius 1 is 0.738 bits per heavy atom. The predicted octanol–water partition coefficient (Wildman–Crippen LogP) is 8.52. The normalized spacial score (nSPS) is 12.0. The van der Waals surface area contributed by atoms with Crippen molar-refractivity contribution in [1.29, 1.82) is 0 Å². The molecule has 0 amide bonds. The number of hydrogen-bond donors (Lipinski definition) is 0. The van der Waals surface area contributed by atoms with Gasteiger partial charge in [0.1, 0.15) is 10.9 Å². The van der Waals surface area contributed by atoms with Crippen molar-refractivity contribution in [3.8, 4) is 17.1 Å². The lowest BCUT2D eigenvalue weighted by Gasteiger charge is -2.18. The molecule has 0 N–H and O–H groups in total. The lowest BCUT2D eigenvalue weighted by atomic mass is 10.1. The Morgan fingerprint density at radius 2 is 1.38 bits per heavy atom. The number of benzene rings is 4. The summed E-state index contributed by atoms with van der Waals surface area (Å²) in [5.74, 6) is 0.836. The lowest BCUT2D eigenvalue weighted by molar-refractivity contribution is -0.137. The van der Waals surface area contributed by atoms with E-state index in [2.05, 4.69) is 4.98 Å². The molecule has 0 spiro atoms. The fourth-order valence-corrected chi connectivity index (χ4v) is 6.87. The van der Waals surface area contributed by atoms with Gasteiger partial charge < -0.3 is 0 Å². The van der Waals surface area contributed by atoms with Crippen molar-refractivity contribution < 1.29 is 13.2 Å². The third-order valence-electron chi connectivity index (χ3n) is 6.92. The highest BCUT2D eigenvalue weighted by molar-refractivity contribution is 7.98. The molecule has 3 heterocycles. The molecule has 0 aliphatic rings. The van der Waals surface area contributed by atoms with Gasteiger partial charge in [-0.15, -0.1) is 11.3 Å². The number of thioether (sulfide) groups is 1. The molecule has 0 saturated heterocycles. The number of aromatic nitrogens is 4. The van der Waals surface area contributed by atoms with Gasteiger partial charge >= 0.3 is 6.18 Å². The molecular formula is C32H19F3N4OS2. The molecule has 7 rings (SSSR count). The van der Waals surface area contributed by atoms with Crippen LogP contribution in [0, 0.1) is 0 Å². The van der Waals surface area contributed by atoms with Crippen molar-refractivity contribution in [1.82, 2.24) is 19.5 Å². The van der Waals surface area contributed by atoms with E-state index >= 15 is 0 Å². The number of nitrogens with zero attached hydrogens (tertiary/aromatic N) is 4. The van der Waals surface area contributed by atoms with Crippen LogP contribution in [-0.4, -0.2) is 19.5 Å². The van der Waals surface area contributed by atoms with E-state index in [-0.39, 0.29) is 22.7 Å². The summed E-state index contributed by atoms with van der Waals surface area (Å²) < 4.78 is 44.4. The maximum Gasteiger partial charge on any atom is 0.418 e. The van der Waals surface area contributed by atoms with Gasteiger partial charge in [-0.3, -0.25) is 9.36 Å². The Bertz CT molecular complexity index is 2190. The molecule has 0 radical (unpaired) electrons. The molecule has 42 heavy (non-hydrogen) atoms. The number of para-hydroxylation sites is 3. The summed E-state index contributed by atoms with van der Waals surface area (Å²) in [5.41, 5.74) is 0.327. The van der Waals surface area contributed by atoms with Crippen LogP contribution in [0.2, 0.25) is 0 Å². The Labute approximate surface area is 245 Å². The number of hydrogen-bond acceptors (Lipinski definition) is 6. The minimum atomic E-state index is -4.66. The van der Waals surface area contributed by atoms with Gasteiger partial charge in [0.05, 0.1) is 33.4 Å². The Hall–Kier alpha value is -4.54. The van der Waals surface area contributed by atoms with Crippen molar-refractivity contribution >= 4 is 55.0 Å². The smallest absolute Gasteiger partial charge is 0.268 e. The van der Waals surface area contributed by atoms with Crippen molar-refractivity contribution in [3.05, 3.63) is 124 Å². The van der Waals surface area contributed by atoms with Gasteiger partial charge in [0.25, 0.3) is 5.56 Å². The first-order valence-corrected chi connectivity index (χ1v) is 14.8. The minimum absolute atomic E-state index is 0.0943. The van der Waals surface area contributed by atoms with Gasteiger partial charge in [0, 0.05) is 26.4 Å². The zero-order valence-electron chi connectivity index (χ0n) is 21.7. The van der Waals surface area contributed by atoms with Crippen LogP contribution in [0.3, 0.4) is 0 Å². The number of rotatable bonds is 5. The van der Waals surface area contributed by atoms with Gasteiger partial charge in [-0.05, 0) is 36.4 Å². The fourth-order valence-electron chi connectivity index (χ4n) is 4.99. The third-order valence-corrected chi connectivity index (χ3v) is 8.87. The topological polar surface area (TPSA) is 60.7 Å². The van der Waals surface area contributed by atoms with E-state index in [1.165, 1.54) is 30.0 Å². The summed E-state index contributed by atoms with van der Waals surface area (Å²) in [4.78, 5) is 28.1. The number of halogens is 3. The highest BCUT2D eigenvalue weighted by atomic mass is 32.2. The largest absolute Gasteiger partial charge is 0.418 e. The summed E-state index contributed by atoms with van der Waals surface area (Å²) >= 11 is 2.92. The van der Waals surface area contributed by atoms with Gasteiger partial charge in [-0.25, -0.2) is 15.0 Å². The fraction of sp³-hybridized carbons (Fsp3) is 0.0625. The van der Waals surface area contributed by atoms with Crippen molar-refractivity contribution in [2.45, 2.75) is 17.0 Å². The van der Waals surface area contributed by atoms with Crippen LogP contribution in [0.25, 0.3) is 49.0 Å². The molecule has 0 fully saturated rings. The summed E-state index contributed by atoms with van der Waals surface area (Å²) in [7, 11) is 0. The summed E-state index contributed by atoms with van der Waals surface area (Å²) in [6, 6.07) is 27.4. The summed E-state index contributed by atoms with van der Waals surface area (Å²) in [5, 5.41) is 4.75. The monoisotopic (exact) mass is 596 g/mol. The molecule has 0 aliphatic carbocycles. The first-order valence-electron chi connectivity index (χ1n) is 12.9. The summed E-state index contributed by atoms with van der Waals surface area (Å²) in [6.07, 6.45) is -4.66. The molecule has 5 nitrogen and oxygen atoms in total. The zero-order valence-corrected chi connectivity index (χ0v) is 23.3. The number of thiophene rings is 1. The zero-order chi connectivity index (χ0) is 28.8. The Kier molecular flexibility index (Phi) is 6.52. The van der Waals surface area contributed by atoms with E-state index in [4.69, 9.17) is 9.97 Å². The Balaban J connectivity index is 1.38. The highest BCUT2D eigenvalue weighted by Crippen LogP contribution is 2.37. The SMILES string of the molecule is O=c1c2ccccc2nc(CSc2nc(-c3csc4ccccc34)nc3ccccc23)n1-c1ccccc1C(F)(F)F. The Morgan fingerprint density at radius 3 is 2.17 bits per heavy atom.